The molecule has 0 fully saturated rings. The number of hydrogen-bond acceptors (Lipinski definition) is 5. The van der Waals surface area contributed by atoms with E-state index in [1.165, 1.54) is 276 Å². The van der Waals surface area contributed by atoms with Gasteiger partial charge < -0.3 is 20.3 Å². The molecule has 0 aromatic carbocycles. The summed E-state index contributed by atoms with van der Waals surface area (Å²) in [6.45, 7) is 4.97. The lowest BCUT2D eigenvalue weighted by Gasteiger charge is -2.22. The first-order chi connectivity index (χ1) is 34.0. The summed E-state index contributed by atoms with van der Waals surface area (Å²) in [6, 6.07) is -0.543. The summed E-state index contributed by atoms with van der Waals surface area (Å²) >= 11 is 0. The molecule has 0 spiro atoms. The molecule has 0 aromatic rings. The van der Waals surface area contributed by atoms with Crippen LogP contribution < -0.4 is 5.32 Å². The van der Waals surface area contributed by atoms with Gasteiger partial charge in [-0.05, 0) is 51.4 Å². The van der Waals surface area contributed by atoms with Crippen LogP contribution in [0.15, 0.2) is 12.2 Å². The van der Waals surface area contributed by atoms with Crippen LogP contribution in [0.4, 0.5) is 0 Å². The molecular formula is C63H123NO5. The Morgan fingerprint density at radius 2 is 0.681 bits per heavy atom. The van der Waals surface area contributed by atoms with Crippen LogP contribution in [0.1, 0.15) is 354 Å². The van der Waals surface area contributed by atoms with Gasteiger partial charge >= 0.3 is 5.97 Å². The molecule has 0 rings (SSSR count). The molecule has 0 radical (unpaired) electrons. The first-order valence-electron chi connectivity index (χ1n) is 31.4. The zero-order valence-electron chi connectivity index (χ0n) is 46.8. The fourth-order valence-corrected chi connectivity index (χ4v) is 9.99. The van der Waals surface area contributed by atoms with Gasteiger partial charge in [-0.15, -0.1) is 0 Å². The van der Waals surface area contributed by atoms with Crippen LogP contribution in [0.25, 0.3) is 0 Å². The minimum absolute atomic E-state index is 0.00261. The molecular weight excluding hydrogens is 851 g/mol. The number of carbonyl (C=O) groups is 2. The Hall–Kier alpha value is -1.40. The highest BCUT2D eigenvalue weighted by molar-refractivity contribution is 5.76. The Morgan fingerprint density at radius 3 is 1.03 bits per heavy atom. The van der Waals surface area contributed by atoms with Crippen molar-refractivity contribution in [2.24, 2.45) is 0 Å². The number of unbranched alkanes of at least 4 members (excludes halogenated alkanes) is 46. The molecule has 2 unspecified atom stereocenters. The maximum atomic E-state index is 12.5. The van der Waals surface area contributed by atoms with Gasteiger partial charge in [0.25, 0.3) is 0 Å². The fraction of sp³-hybridized carbons (Fsp3) is 0.937. The molecule has 0 saturated carbocycles. The minimum atomic E-state index is -0.666. The van der Waals surface area contributed by atoms with Crippen molar-refractivity contribution in [3.05, 3.63) is 12.2 Å². The average Bonchev–Trinajstić information content (AvgIpc) is 3.35. The summed E-state index contributed by atoms with van der Waals surface area (Å²) in [5, 5.41) is 23.3. The Balaban J connectivity index is 3.39. The lowest BCUT2D eigenvalue weighted by molar-refractivity contribution is -0.143. The number of ether oxygens (including phenoxy) is 1. The SMILES string of the molecule is CCCCCCCCC/C=C\CCCCCCCC(=O)OCCCCCCCCCCCCCCCCCCCCCC(=O)NC(CO)C(O)CCCCCCCCCCCCCCCCCCC. The third-order valence-corrected chi connectivity index (χ3v) is 14.8. The number of hydrogen-bond donors (Lipinski definition) is 3. The van der Waals surface area contributed by atoms with Crippen LogP contribution in [0.2, 0.25) is 0 Å². The monoisotopic (exact) mass is 974 g/mol. The van der Waals surface area contributed by atoms with Gasteiger partial charge in [-0.1, -0.05) is 302 Å². The zero-order chi connectivity index (χ0) is 50.0. The molecule has 3 N–H and O–H groups in total. The van der Waals surface area contributed by atoms with E-state index in [1.54, 1.807) is 0 Å². The average molecular weight is 975 g/mol. The van der Waals surface area contributed by atoms with E-state index in [-0.39, 0.29) is 18.5 Å². The lowest BCUT2D eigenvalue weighted by atomic mass is 10.0. The van der Waals surface area contributed by atoms with Crippen molar-refractivity contribution in [1.82, 2.24) is 5.32 Å². The van der Waals surface area contributed by atoms with Crippen molar-refractivity contribution < 1.29 is 24.5 Å². The van der Waals surface area contributed by atoms with E-state index < -0.39 is 12.1 Å². The van der Waals surface area contributed by atoms with Crippen LogP contribution in [0, 0.1) is 0 Å². The Bertz CT molecular complexity index is 1030. The number of rotatable bonds is 59. The summed E-state index contributed by atoms with van der Waals surface area (Å²) < 4.78 is 5.49. The normalized spacial score (nSPS) is 12.6. The van der Waals surface area contributed by atoms with Crippen molar-refractivity contribution in [3.8, 4) is 0 Å². The second-order valence-electron chi connectivity index (χ2n) is 21.7. The van der Waals surface area contributed by atoms with Gasteiger partial charge in [0, 0.05) is 12.8 Å². The molecule has 0 bridgehead atoms. The molecule has 0 saturated heterocycles. The highest BCUT2D eigenvalue weighted by Gasteiger charge is 2.20. The molecule has 0 aliphatic carbocycles. The molecule has 6 nitrogen and oxygen atoms in total. The highest BCUT2D eigenvalue weighted by atomic mass is 16.5. The Labute approximate surface area is 431 Å². The maximum absolute atomic E-state index is 12.5. The number of esters is 1. The lowest BCUT2D eigenvalue weighted by Crippen LogP contribution is -2.45. The van der Waals surface area contributed by atoms with E-state index in [0.29, 0.717) is 25.9 Å². The van der Waals surface area contributed by atoms with Crippen molar-refractivity contribution in [3.63, 3.8) is 0 Å². The predicted octanol–water partition coefficient (Wildman–Crippen LogP) is 19.6. The third kappa shape index (κ3) is 55.8. The van der Waals surface area contributed by atoms with Gasteiger partial charge in [-0.2, -0.15) is 0 Å². The van der Waals surface area contributed by atoms with Crippen LogP contribution in [0.3, 0.4) is 0 Å². The van der Waals surface area contributed by atoms with Gasteiger partial charge in [0.1, 0.15) is 0 Å². The molecule has 410 valence electrons. The first-order valence-corrected chi connectivity index (χ1v) is 31.4. The van der Waals surface area contributed by atoms with Crippen molar-refractivity contribution >= 4 is 11.9 Å². The van der Waals surface area contributed by atoms with Crippen LogP contribution in [-0.2, 0) is 14.3 Å². The number of amides is 1. The fourth-order valence-electron chi connectivity index (χ4n) is 9.99. The van der Waals surface area contributed by atoms with Gasteiger partial charge in [-0.25, -0.2) is 0 Å². The first kappa shape index (κ1) is 67.6. The second kappa shape index (κ2) is 59.2. The summed E-state index contributed by atoms with van der Waals surface area (Å²) in [4.78, 5) is 24.6. The van der Waals surface area contributed by atoms with E-state index in [0.717, 1.165) is 44.9 Å². The maximum Gasteiger partial charge on any atom is 0.305 e. The number of carbonyl (C=O) groups excluding carboxylic acids is 2. The Morgan fingerprint density at radius 1 is 0.391 bits per heavy atom. The van der Waals surface area contributed by atoms with Gasteiger partial charge in [0.15, 0.2) is 0 Å². The third-order valence-electron chi connectivity index (χ3n) is 14.8. The Kier molecular flexibility index (Phi) is 58.0. The summed E-state index contributed by atoms with van der Waals surface area (Å²) in [5.41, 5.74) is 0. The number of allylic oxidation sites excluding steroid dienone is 2. The second-order valence-corrected chi connectivity index (χ2v) is 21.7. The van der Waals surface area contributed by atoms with E-state index >= 15 is 0 Å². The van der Waals surface area contributed by atoms with Gasteiger partial charge in [-0.3, -0.25) is 9.59 Å². The molecule has 0 aromatic heterocycles. The van der Waals surface area contributed by atoms with Crippen molar-refractivity contribution in [2.45, 2.75) is 366 Å². The molecule has 6 heteroatoms. The van der Waals surface area contributed by atoms with Crippen LogP contribution >= 0.6 is 0 Å². The largest absolute Gasteiger partial charge is 0.466 e. The highest BCUT2D eigenvalue weighted by Crippen LogP contribution is 2.18. The van der Waals surface area contributed by atoms with E-state index in [4.69, 9.17) is 4.74 Å². The molecule has 69 heavy (non-hydrogen) atoms. The summed E-state index contributed by atoms with van der Waals surface area (Å²) in [6.07, 6.45) is 70.7. The van der Waals surface area contributed by atoms with E-state index in [1.807, 2.05) is 0 Å². The topological polar surface area (TPSA) is 95.9 Å². The molecule has 0 heterocycles. The molecule has 2 atom stereocenters. The summed E-state index contributed by atoms with van der Waals surface area (Å²) in [7, 11) is 0. The van der Waals surface area contributed by atoms with Gasteiger partial charge in [0.2, 0.25) is 5.91 Å². The van der Waals surface area contributed by atoms with Gasteiger partial charge in [0.05, 0.1) is 25.4 Å². The van der Waals surface area contributed by atoms with E-state index in [2.05, 4.69) is 31.3 Å². The quantitative estimate of drug-likeness (QED) is 0.0321. The molecule has 0 aliphatic heterocycles. The molecule has 1 amide bonds. The predicted molar refractivity (Wildman–Crippen MR) is 301 cm³/mol. The van der Waals surface area contributed by atoms with Crippen LogP contribution in [-0.4, -0.2) is 47.4 Å². The van der Waals surface area contributed by atoms with Crippen molar-refractivity contribution in [2.75, 3.05) is 13.2 Å². The minimum Gasteiger partial charge on any atom is -0.466 e. The van der Waals surface area contributed by atoms with Crippen molar-refractivity contribution in [1.29, 1.82) is 0 Å². The number of nitrogens with one attached hydrogen (secondary N) is 1. The standard InChI is InChI=1S/C63H123NO5/c1-3-5-7-9-11-13-15-17-19-24-27-31-35-39-43-47-51-55-61(66)60(59-65)64-62(67)56-52-48-44-40-36-32-28-25-22-21-23-26-30-34-38-42-46-50-54-58-69-63(68)57-53-49-45-41-37-33-29-20-18-16-14-12-10-8-6-4-2/h20,29,60-61,65-66H,3-19,21-28,30-59H2,1-2H3,(H,64,67)/b29-20-. The molecule has 0 aliphatic rings. The number of aliphatic hydroxyl groups is 2. The number of aliphatic hydroxyl groups excluding tert-OH is 2. The van der Waals surface area contributed by atoms with E-state index in [9.17, 15) is 19.8 Å². The summed E-state index contributed by atoms with van der Waals surface area (Å²) in [5.74, 6) is -0.0322. The smallest absolute Gasteiger partial charge is 0.305 e. The zero-order valence-corrected chi connectivity index (χ0v) is 46.8. The van der Waals surface area contributed by atoms with Crippen LogP contribution in [0.5, 0.6) is 0 Å².